The van der Waals surface area contributed by atoms with Gasteiger partial charge in [0, 0.05) is 6.42 Å². The first-order valence-electron chi connectivity index (χ1n) is 11.6. The number of unbranched alkanes of at least 4 members (excludes halogenated alkanes) is 10. The maximum absolute atomic E-state index is 12.6. The minimum absolute atomic E-state index is 0.175. The van der Waals surface area contributed by atoms with Gasteiger partial charge >= 0.3 is 5.97 Å². The summed E-state index contributed by atoms with van der Waals surface area (Å²) in [4.78, 5) is 10.5. The summed E-state index contributed by atoms with van der Waals surface area (Å²) in [5.74, 6) is -0.779. The highest BCUT2D eigenvalue weighted by Crippen LogP contribution is 2.22. The van der Waals surface area contributed by atoms with Gasteiger partial charge in [0.2, 0.25) is 0 Å². The normalized spacial score (nSPS) is 14.0. The molecule has 7 heteroatoms. The Labute approximate surface area is 178 Å². The second-order valence-electron chi connectivity index (χ2n) is 8.03. The van der Waals surface area contributed by atoms with E-state index in [1.807, 2.05) is 6.92 Å². The lowest BCUT2D eigenvalue weighted by atomic mass is 10.0. The fourth-order valence-electron chi connectivity index (χ4n) is 3.41. The Kier molecular flexibility index (Phi) is 17.7. The van der Waals surface area contributed by atoms with Crippen LogP contribution in [0.1, 0.15) is 117 Å². The number of aliphatic hydroxyl groups is 1. The summed E-state index contributed by atoms with van der Waals surface area (Å²) in [7, 11) is -3.78. The third-order valence-electron chi connectivity index (χ3n) is 5.28. The molecule has 0 spiro atoms. The number of carboxylic acid groups (broad SMARTS) is 1. The first kappa shape index (κ1) is 28.3. The van der Waals surface area contributed by atoms with Crippen LogP contribution in [0.25, 0.3) is 0 Å². The van der Waals surface area contributed by atoms with E-state index in [9.17, 15) is 18.3 Å². The Bertz CT molecular complexity index is 492. The predicted molar refractivity (Wildman–Crippen MR) is 118 cm³/mol. The second-order valence-corrected chi connectivity index (χ2v) is 9.86. The van der Waals surface area contributed by atoms with Crippen molar-refractivity contribution in [2.75, 3.05) is 6.61 Å². The molecule has 6 nitrogen and oxygen atoms in total. The molecule has 0 heterocycles. The van der Waals surface area contributed by atoms with Crippen LogP contribution in [-0.2, 0) is 19.1 Å². The number of aliphatic carboxylic acids is 1. The molecular formula is C22H44O6S. The van der Waals surface area contributed by atoms with Crippen molar-refractivity contribution < 1.29 is 27.6 Å². The summed E-state index contributed by atoms with van der Waals surface area (Å²) < 4.78 is 30.4. The van der Waals surface area contributed by atoms with E-state index >= 15 is 0 Å². The van der Waals surface area contributed by atoms with Crippen LogP contribution in [0.3, 0.4) is 0 Å². The van der Waals surface area contributed by atoms with Gasteiger partial charge in [0.15, 0.2) is 0 Å². The van der Waals surface area contributed by atoms with E-state index in [0.717, 1.165) is 44.9 Å². The van der Waals surface area contributed by atoms with Gasteiger partial charge in [-0.15, -0.1) is 0 Å². The summed E-state index contributed by atoms with van der Waals surface area (Å²) in [6.45, 7) is 4.32. The Morgan fingerprint density at radius 1 is 0.793 bits per heavy atom. The third kappa shape index (κ3) is 15.8. The van der Waals surface area contributed by atoms with E-state index in [0.29, 0.717) is 32.1 Å². The van der Waals surface area contributed by atoms with E-state index in [2.05, 4.69) is 6.92 Å². The Morgan fingerprint density at radius 3 is 1.90 bits per heavy atom. The molecule has 2 unspecified atom stereocenters. The van der Waals surface area contributed by atoms with Crippen molar-refractivity contribution >= 4 is 16.1 Å². The molecular weight excluding hydrogens is 392 g/mol. The van der Waals surface area contributed by atoms with Crippen molar-refractivity contribution in [3.05, 3.63) is 0 Å². The fraction of sp³-hybridized carbons (Fsp3) is 0.955. The average Bonchev–Trinajstić information content (AvgIpc) is 2.66. The first-order chi connectivity index (χ1) is 13.8. The van der Waals surface area contributed by atoms with E-state index in [1.165, 1.54) is 19.3 Å². The molecule has 0 aromatic rings. The third-order valence-corrected chi connectivity index (χ3v) is 7.06. The monoisotopic (exact) mass is 436 g/mol. The minimum Gasteiger partial charge on any atom is -0.481 e. The van der Waals surface area contributed by atoms with E-state index in [4.69, 9.17) is 9.29 Å². The lowest BCUT2D eigenvalue weighted by molar-refractivity contribution is -0.137. The minimum atomic E-state index is -3.78. The van der Waals surface area contributed by atoms with Crippen LogP contribution in [-0.4, -0.2) is 42.6 Å². The topological polar surface area (TPSA) is 101 Å². The Balaban J connectivity index is 4.46. The molecule has 29 heavy (non-hydrogen) atoms. The van der Waals surface area contributed by atoms with E-state index < -0.39 is 27.4 Å². The number of aliphatic hydroxyl groups excluding tert-OH is 1. The lowest BCUT2D eigenvalue weighted by Gasteiger charge is -2.23. The van der Waals surface area contributed by atoms with E-state index in [-0.39, 0.29) is 13.0 Å². The largest absolute Gasteiger partial charge is 0.481 e. The molecule has 0 aromatic carbocycles. The van der Waals surface area contributed by atoms with Crippen molar-refractivity contribution in [3.8, 4) is 0 Å². The van der Waals surface area contributed by atoms with Gasteiger partial charge in [0.05, 0.1) is 12.7 Å². The molecule has 0 aliphatic carbocycles. The molecule has 2 N–H and O–H groups in total. The zero-order chi connectivity index (χ0) is 22.0. The predicted octanol–water partition coefficient (Wildman–Crippen LogP) is 5.43. The SMILES string of the molecule is CCCCCCCCC(O)C(CCCCCCCC(=O)O)S(=O)(=O)OCCCC. The van der Waals surface area contributed by atoms with Crippen molar-refractivity contribution in [1.29, 1.82) is 0 Å². The van der Waals surface area contributed by atoms with Crippen molar-refractivity contribution in [1.82, 2.24) is 0 Å². The van der Waals surface area contributed by atoms with Crippen molar-refractivity contribution in [3.63, 3.8) is 0 Å². The summed E-state index contributed by atoms with van der Waals surface area (Å²) in [5.41, 5.74) is 0. The van der Waals surface area contributed by atoms with Crippen molar-refractivity contribution in [2.24, 2.45) is 0 Å². The van der Waals surface area contributed by atoms with Gasteiger partial charge < -0.3 is 10.2 Å². The van der Waals surface area contributed by atoms with Crippen LogP contribution >= 0.6 is 0 Å². The molecule has 0 aromatic heterocycles. The molecule has 0 bridgehead atoms. The smallest absolute Gasteiger partial charge is 0.303 e. The van der Waals surface area contributed by atoms with Crippen LogP contribution in [0.4, 0.5) is 0 Å². The van der Waals surface area contributed by atoms with Crippen LogP contribution in [0.15, 0.2) is 0 Å². The Morgan fingerprint density at radius 2 is 1.31 bits per heavy atom. The number of carbonyl (C=O) groups is 1. The van der Waals surface area contributed by atoms with Gasteiger partial charge in [-0.05, 0) is 25.7 Å². The molecule has 174 valence electrons. The molecule has 0 amide bonds. The zero-order valence-corrected chi connectivity index (χ0v) is 19.4. The number of hydrogen-bond donors (Lipinski definition) is 2. The first-order valence-corrected chi connectivity index (χ1v) is 13.1. The summed E-state index contributed by atoms with van der Waals surface area (Å²) in [5, 5.41) is 18.4. The molecule has 0 saturated heterocycles. The summed E-state index contributed by atoms with van der Waals surface area (Å²) in [6.07, 6.45) is 12.2. The maximum atomic E-state index is 12.6. The Hall–Kier alpha value is -0.660. The standard InChI is InChI=1S/C22H44O6S/c1-3-5-7-8-10-13-16-20(23)21(29(26,27)28-19-6-4-2)17-14-11-9-12-15-18-22(24)25/h20-21,23H,3-19H2,1-2H3,(H,24,25). The van der Waals surface area contributed by atoms with Crippen LogP contribution in [0, 0.1) is 0 Å². The zero-order valence-electron chi connectivity index (χ0n) is 18.6. The van der Waals surface area contributed by atoms with Gasteiger partial charge in [-0.1, -0.05) is 84.5 Å². The lowest BCUT2D eigenvalue weighted by Crippen LogP contribution is -2.35. The summed E-state index contributed by atoms with van der Waals surface area (Å²) >= 11 is 0. The second kappa shape index (κ2) is 18.1. The van der Waals surface area contributed by atoms with Crippen LogP contribution in [0.2, 0.25) is 0 Å². The van der Waals surface area contributed by atoms with Gasteiger partial charge in [-0.2, -0.15) is 8.42 Å². The molecule has 0 radical (unpaired) electrons. The van der Waals surface area contributed by atoms with Gasteiger partial charge in [-0.3, -0.25) is 8.98 Å². The van der Waals surface area contributed by atoms with Gasteiger partial charge in [0.25, 0.3) is 10.1 Å². The highest BCUT2D eigenvalue weighted by molar-refractivity contribution is 7.87. The molecule has 0 saturated carbocycles. The highest BCUT2D eigenvalue weighted by Gasteiger charge is 2.32. The quantitative estimate of drug-likeness (QED) is 0.184. The maximum Gasteiger partial charge on any atom is 0.303 e. The van der Waals surface area contributed by atoms with Gasteiger partial charge in [-0.25, -0.2) is 0 Å². The fourth-order valence-corrected chi connectivity index (χ4v) is 4.91. The highest BCUT2D eigenvalue weighted by atomic mass is 32.2. The molecule has 0 aliphatic heterocycles. The molecule has 0 aliphatic rings. The molecule has 0 rings (SSSR count). The molecule has 0 fully saturated rings. The average molecular weight is 437 g/mol. The van der Waals surface area contributed by atoms with E-state index in [1.54, 1.807) is 0 Å². The van der Waals surface area contributed by atoms with Crippen LogP contribution < -0.4 is 0 Å². The van der Waals surface area contributed by atoms with Gasteiger partial charge in [0.1, 0.15) is 5.25 Å². The van der Waals surface area contributed by atoms with Crippen molar-refractivity contribution in [2.45, 2.75) is 128 Å². The number of rotatable bonds is 21. The number of carboxylic acids is 1. The van der Waals surface area contributed by atoms with Crippen LogP contribution in [0.5, 0.6) is 0 Å². The summed E-state index contributed by atoms with van der Waals surface area (Å²) in [6, 6.07) is 0. The molecule has 2 atom stereocenters. The number of hydrogen-bond acceptors (Lipinski definition) is 5.